The van der Waals surface area contributed by atoms with E-state index in [-0.39, 0.29) is 24.6 Å². The van der Waals surface area contributed by atoms with Gasteiger partial charge in [-0.3, -0.25) is 9.69 Å². The van der Waals surface area contributed by atoms with Crippen LogP contribution in [0.1, 0.15) is 52.7 Å². The van der Waals surface area contributed by atoms with Gasteiger partial charge in [-0.25, -0.2) is 4.79 Å². The Morgan fingerprint density at radius 3 is 2.50 bits per heavy atom. The van der Waals surface area contributed by atoms with E-state index < -0.39 is 0 Å². The van der Waals surface area contributed by atoms with Gasteiger partial charge in [0, 0.05) is 23.7 Å². The molecule has 1 saturated carbocycles. The monoisotopic (exact) mass is 478 g/mol. The molecule has 3 aromatic carbocycles. The number of nitrogens with zero attached hydrogens (tertiary/aromatic N) is 1. The summed E-state index contributed by atoms with van der Waals surface area (Å²) in [4.78, 5) is 26.7. The van der Waals surface area contributed by atoms with Gasteiger partial charge in [-0.15, -0.1) is 0 Å². The molecule has 5 rings (SSSR count). The van der Waals surface area contributed by atoms with Gasteiger partial charge in [-0.2, -0.15) is 0 Å². The number of hydrogen-bond acceptors (Lipinski definition) is 3. The van der Waals surface area contributed by atoms with Crippen molar-refractivity contribution in [2.24, 2.45) is 0 Å². The Bertz CT molecular complexity index is 1300. The average Bonchev–Trinajstić information content (AvgIpc) is 3.60. The predicted octanol–water partition coefficient (Wildman–Crippen LogP) is 5.71. The summed E-state index contributed by atoms with van der Waals surface area (Å²) in [5.41, 5.74) is 5.80. The first-order chi connectivity index (χ1) is 17.6. The fraction of sp³-hybridized carbons (Fsp3) is 0.290. The molecule has 0 radical (unpaired) electrons. The lowest BCUT2D eigenvalue weighted by Gasteiger charge is -2.20. The standard InChI is InChI=1S/C31H30N2O3/c1-22-24(9-5-11-29(22)25-12-14-26(15-13-25)30(34)32-27-17-18-27)16-19-28-10-6-20-33(28)31(35)36-21-23-7-3-2-4-8-23/h2-5,7-9,11-15,27-28H,6,10,17-18,20-21H2,1H3,(H,32,34). The number of amides is 2. The molecule has 0 bridgehead atoms. The number of hydrogen-bond donors (Lipinski definition) is 1. The third-order valence-electron chi connectivity index (χ3n) is 6.77. The van der Waals surface area contributed by atoms with Crippen LogP contribution in [0.3, 0.4) is 0 Å². The summed E-state index contributed by atoms with van der Waals surface area (Å²) in [7, 11) is 0. The molecular weight excluding hydrogens is 448 g/mol. The highest BCUT2D eigenvalue weighted by atomic mass is 16.6. The van der Waals surface area contributed by atoms with Gasteiger partial charge in [-0.1, -0.05) is 66.4 Å². The molecule has 0 aromatic heterocycles. The Morgan fingerprint density at radius 1 is 0.972 bits per heavy atom. The lowest BCUT2D eigenvalue weighted by molar-refractivity contribution is 0.0949. The summed E-state index contributed by atoms with van der Waals surface area (Å²) in [6.45, 7) is 2.98. The van der Waals surface area contributed by atoms with Gasteiger partial charge in [0.15, 0.2) is 0 Å². The van der Waals surface area contributed by atoms with Gasteiger partial charge in [0.1, 0.15) is 6.61 Å². The van der Waals surface area contributed by atoms with Crippen LogP contribution in [0.15, 0.2) is 72.8 Å². The number of ether oxygens (including phenoxy) is 1. The zero-order valence-corrected chi connectivity index (χ0v) is 20.5. The molecule has 182 valence electrons. The van der Waals surface area contributed by atoms with E-state index in [1.54, 1.807) is 4.90 Å². The van der Waals surface area contributed by atoms with Crippen LogP contribution in [0.5, 0.6) is 0 Å². The number of rotatable bonds is 5. The van der Waals surface area contributed by atoms with E-state index in [9.17, 15) is 9.59 Å². The summed E-state index contributed by atoms with van der Waals surface area (Å²) < 4.78 is 5.54. The molecule has 1 aliphatic heterocycles. The second kappa shape index (κ2) is 10.7. The average molecular weight is 479 g/mol. The fourth-order valence-electron chi connectivity index (χ4n) is 4.48. The van der Waals surface area contributed by atoms with Crippen LogP contribution < -0.4 is 5.32 Å². The lowest BCUT2D eigenvalue weighted by atomic mass is 9.95. The molecule has 1 heterocycles. The first-order valence-electron chi connectivity index (χ1n) is 12.6. The van der Waals surface area contributed by atoms with Crippen molar-refractivity contribution >= 4 is 12.0 Å². The fourth-order valence-corrected chi connectivity index (χ4v) is 4.48. The van der Waals surface area contributed by atoms with Crippen LogP contribution in [0, 0.1) is 18.8 Å². The minimum absolute atomic E-state index is 0.0104. The maximum absolute atomic E-state index is 12.7. The van der Waals surface area contributed by atoms with Crippen molar-refractivity contribution in [1.82, 2.24) is 10.2 Å². The maximum atomic E-state index is 12.7. The Morgan fingerprint density at radius 2 is 1.75 bits per heavy atom. The largest absolute Gasteiger partial charge is 0.445 e. The third-order valence-corrected chi connectivity index (χ3v) is 6.77. The van der Waals surface area contributed by atoms with Gasteiger partial charge in [0.05, 0.1) is 6.04 Å². The Kier molecular flexibility index (Phi) is 7.04. The third kappa shape index (κ3) is 5.60. The highest BCUT2D eigenvalue weighted by Gasteiger charge is 2.28. The van der Waals surface area contributed by atoms with Crippen LogP contribution in [0.25, 0.3) is 11.1 Å². The van der Waals surface area contributed by atoms with Crippen molar-refractivity contribution in [3.8, 4) is 23.0 Å². The van der Waals surface area contributed by atoms with E-state index in [0.29, 0.717) is 18.2 Å². The molecule has 36 heavy (non-hydrogen) atoms. The molecule has 1 unspecified atom stereocenters. The van der Waals surface area contributed by atoms with Crippen LogP contribution in [-0.2, 0) is 11.3 Å². The van der Waals surface area contributed by atoms with Gasteiger partial charge >= 0.3 is 6.09 Å². The van der Waals surface area contributed by atoms with E-state index in [0.717, 1.165) is 53.5 Å². The van der Waals surface area contributed by atoms with Crippen LogP contribution in [0.4, 0.5) is 4.79 Å². The predicted molar refractivity (Wildman–Crippen MR) is 140 cm³/mol. The Labute approximate surface area is 212 Å². The van der Waals surface area contributed by atoms with E-state index in [4.69, 9.17) is 4.74 Å². The minimum atomic E-state index is -0.313. The first kappa shape index (κ1) is 23.7. The maximum Gasteiger partial charge on any atom is 0.411 e. The van der Waals surface area contributed by atoms with Gasteiger partial charge in [0.25, 0.3) is 5.91 Å². The van der Waals surface area contributed by atoms with Crippen molar-refractivity contribution in [3.05, 3.63) is 95.1 Å². The topological polar surface area (TPSA) is 58.6 Å². The molecule has 1 aliphatic carbocycles. The highest BCUT2D eigenvalue weighted by Crippen LogP contribution is 2.27. The molecular formula is C31H30N2O3. The summed E-state index contributed by atoms with van der Waals surface area (Å²) in [6, 6.07) is 23.7. The second-order valence-electron chi connectivity index (χ2n) is 9.46. The second-order valence-corrected chi connectivity index (χ2v) is 9.46. The molecule has 5 nitrogen and oxygen atoms in total. The number of carbonyl (C=O) groups is 2. The minimum Gasteiger partial charge on any atom is -0.445 e. The molecule has 1 N–H and O–H groups in total. The summed E-state index contributed by atoms with van der Waals surface area (Å²) in [5, 5.41) is 3.03. The van der Waals surface area contributed by atoms with Crippen molar-refractivity contribution in [2.45, 2.75) is 51.3 Å². The zero-order chi connectivity index (χ0) is 24.9. The molecule has 2 amide bonds. The molecule has 2 fully saturated rings. The quantitative estimate of drug-likeness (QED) is 0.478. The summed E-state index contributed by atoms with van der Waals surface area (Å²) >= 11 is 0. The molecule has 5 heteroatoms. The first-order valence-corrected chi connectivity index (χ1v) is 12.6. The SMILES string of the molecule is Cc1c(C#CC2CCCN2C(=O)OCc2ccccc2)cccc1-c1ccc(C(=O)NC2CC2)cc1. The van der Waals surface area contributed by atoms with E-state index in [1.165, 1.54) is 0 Å². The van der Waals surface area contributed by atoms with Crippen LogP contribution in [-0.4, -0.2) is 35.5 Å². The van der Waals surface area contributed by atoms with Crippen LogP contribution >= 0.6 is 0 Å². The Hall–Kier alpha value is -4.04. The molecule has 0 spiro atoms. The summed E-state index contributed by atoms with van der Waals surface area (Å²) in [6.07, 6.45) is 3.59. The normalized spacial score (nSPS) is 16.7. The van der Waals surface area contributed by atoms with Crippen molar-refractivity contribution < 1.29 is 14.3 Å². The van der Waals surface area contributed by atoms with E-state index >= 15 is 0 Å². The van der Waals surface area contributed by atoms with E-state index in [2.05, 4.69) is 30.1 Å². The molecule has 3 aromatic rings. The highest BCUT2D eigenvalue weighted by molar-refractivity contribution is 5.95. The van der Waals surface area contributed by atoms with Gasteiger partial charge < -0.3 is 10.1 Å². The van der Waals surface area contributed by atoms with Crippen molar-refractivity contribution in [2.75, 3.05) is 6.54 Å². The van der Waals surface area contributed by atoms with Gasteiger partial charge in [-0.05, 0) is 73.1 Å². The zero-order valence-electron chi connectivity index (χ0n) is 20.5. The Balaban J connectivity index is 1.27. The lowest BCUT2D eigenvalue weighted by Crippen LogP contribution is -2.35. The van der Waals surface area contributed by atoms with Crippen molar-refractivity contribution in [1.29, 1.82) is 0 Å². The number of benzene rings is 3. The molecule has 2 aliphatic rings. The van der Waals surface area contributed by atoms with Gasteiger partial charge in [0.2, 0.25) is 0 Å². The van der Waals surface area contributed by atoms with Crippen molar-refractivity contribution in [3.63, 3.8) is 0 Å². The molecule has 1 atom stereocenters. The van der Waals surface area contributed by atoms with E-state index in [1.807, 2.05) is 66.7 Å². The smallest absolute Gasteiger partial charge is 0.411 e. The molecule has 1 saturated heterocycles. The number of likely N-dealkylation sites (tertiary alicyclic amines) is 1. The summed E-state index contributed by atoms with van der Waals surface area (Å²) in [5.74, 6) is 6.62. The van der Waals surface area contributed by atoms with Crippen LogP contribution in [0.2, 0.25) is 0 Å². The number of nitrogens with one attached hydrogen (secondary N) is 1. The number of carbonyl (C=O) groups excluding carboxylic acids is 2.